The fourth-order valence-electron chi connectivity index (χ4n) is 1.29. The number of benzene rings is 1. The Morgan fingerprint density at radius 1 is 1.59 bits per heavy atom. The van der Waals surface area contributed by atoms with Crippen molar-refractivity contribution in [3.63, 3.8) is 0 Å². The predicted octanol–water partition coefficient (Wildman–Crippen LogP) is 3.16. The molecule has 0 saturated carbocycles. The molecule has 3 nitrogen and oxygen atoms in total. The molecule has 0 heterocycles. The molecule has 94 valence electrons. The number of methoxy groups -OCH3 is 1. The summed E-state index contributed by atoms with van der Waals surface area (Å²) in [5, 5.41) is 9.48. The predicted molar refractivity (Wildman–Crippen MR) is 72.1 cm³/mol. The van der Waals surface area contributed by atoms with Gasteiger partial charge in [0.2, 0.25) is 0 Å². The summed E-state index contributed by atoms with van der Waals surface area (Å²) in [6, 6.07) is 5.77. The molecule has 0 saturated heterocycles. The highest BCUT2D eigenvalue weighted by atomic mass is 79.9. The van der Waals surface area contributed by atoms with Crippen LogP contribution in [0.5, 0.6) is 0 Å². The molecule has 0 aliphatic carbocycles. The molecule has 17 heavy (non-hydrogen) atoms. The first kappa shape index (κ1) is 14.5. The second kappa shape index (κ2) is 7.03. The molecule has 0 aliphatic rings. The summed E-state index contributed by atoms with van der Waals surface area (Å²) >= 11 is 5.00. The largest absolute Gasteiger partial charge is 0.469 e. The van der Waals surface area contributed by atoms with Gasteiger partial charge in [0.15, 0.2) is 0 Å². The number of hydrogen-bond donors (Lipinski definition) is 1. The third kappa shape index (κ3) is 4.69. The normalized spacial score (nSPS) is 12.2. The van der Waals surface area contributed by atoms with Gasteiger partial charge in [-0.1, -0.05) is 22.0 Å². The molecule has 0 aromatic heterocycles. The number of carbonyl (C=O) groups is 1. The van der Waals surface area contributed by atoms with E-state index < -0.39 is 6.10 Å². The van der Waals surface area contributed by atoms with E-state index in [1.54, 1.807) is 18.7 Å². The Balaban J connectivity index is 2.56. The summed E-state index contributed by atoms with van der Waals surface area (Å²) < 4.78 is 5.45. The molecule has 0 unspecified atom stereocenters. The summed E-state index contributed by atoms with van der Waals surface area (Å²) in [5.74, 6) is 0.491. The minimum atomic E-state index is -0.488. The van der Waals surface area contributed by atoms with E-state index in [2.05, 4.69) is 20.7 Å². The van der Waals surface area contributed by atoms with Crippen LogP contribution < -0.4 is 0 Å². The summed E-state index contributed by atoms with van der Waals surface area (Å²) in [4.78, 5) is 12.0. The van der Waals surface area contributed by atoms with Crippen LogP contribution in [0, 0.1) is 0 Å². The van der Waals surface area contributed by atoms with Gasteiger partial charge >= 0.3 is 5.97 Å². The van der Waals surface area contributed by atoms with Crippen molar-refractivity contribution in [3.8, 4) is 0 Å². The maximum Gasteiger partial charge on any atom is 0.306 e. The highest BCUT2D eigenvalue weighted by Crippen LogP contribution is 2.29. The standard InChI is InChI=1S/C12H15BrO3S/c1-8(14)10-4-3-9(7-11(10)13)17-6-5-12(15)16-2/h3-4,7-8,14H,5-6H2,1-2H3/t8-/m0/s1. The molecular formula is C12H15BrO3S. The van der Waals surface area contributed by atoms with E-state index in [1.807, 2.05) is 18.2 Å². The van der Waals surface area contributed by atoms with Gasteiger partial charge < -0.3 is 9.84 Å². The van der Waals surface area contributed by atoms with Crippen molar-refractivity contribution >= 4 is 33.7 Å². The highest BCUT2D eigenvalue weighted by Gasteiger charge is 2.07. The first-order valence-corrected chi connectivity index (χ1v) is 6.99. The fraction of sp³-hybridized carbons (Fsp3) is 0.417. The second-order valence-electron chi connectivity index (χ2n) is 3.53. The van der Waals surface area contributed by atoms with Gasteiger partial charge in [-0.25, -0.2) is 0 Å². The number of aliphatic hydroxyl groups is 1. The number of ether oxygens (including phenoxy) is 1. The lowest BCUT2D eigenvalue weighted by Crippen LogP contribution is -2.01. The van der Waals surface area contributed by atoms with Crippen LogP contribution in [0.2, 0.25) is 0 Å². The SMILES string of the molecule is COC(=O)CCSc1ccc([C@H](C)O)c(Br)c1. The molecular weight excluding hydrogens is 304 g/mol. The third-order valence-electron chi connectivity index (χ3n) is 2.22. The van der Waals surface area contributed by atoms with Crippen LogP contribution in [0.3, 0.4) is 0 Å². The Labute approximate surface area is 114 Å². The average molecular weight is 319 g/mol. The van der Waals surface area contributed by atoms with E-state index >= 15 is 0 Å². The van der Waals surface area contributed by atoms with Gasteiger partial charge in [-0.3, -0.25) is 4.79 Å². The monoisotopic (exact) mass is 318 g/mol. The summed E-state index contributed by atoms with van der Waals surface area (Å²) in [7, 11) is 1.39. The zero-order valence-electron chi connectivity index (χ0n) is 9.77. The number of rotatable bonds is 5. The number of halogens is 1. The molecule has 1 aromatic carbocycles. The Bertz CT molecular complexity index is 393. The van der Waals surface area contributed by atoms with E-state index in [9.17, 15) is 9.90 Å². The van der Waals surface area contributed by atoms with Crippen molar-refractivity contribution in [2.75, 3.05) is 12.9 Å². The van der Waals surface area contributed by atoms with Crippen LogP contribution in [0.1, 0.15) is 25.0 Å². The Kier molecular flexibility index (Phi) is 6.02. The zero-order chi connectivity index (χ0) is 12.8. The molecule has 0 aliphatic heterocycles. The minimum absolute atomic E-state index is 0.197. The molecule has 0 bridgehead atoms. The van der Waals surface area contributed by atoms with E-state index in [0.717, 1.165) is 14.9 Å². The smallest absolute Gasteiger partial charge is 0.306 e. The van der Waals surface area contributed by atoms with Crippen LogP contribution in [-0.2, 0) is 9.53 Å². The van der Waals surface area contributed by atoms with Crippen LogP contribution in [0.25, 0.3) is 0 Å². The summed E-state index contributed by atoms with van der Waals surface area (Å²) in [6.45, 7) is 1.73. The van der Waals surface area contributed by atoms with E-state index in [0.29, 0.717) is 12.2 Å². The quantitative estimate of drug-likeness (QED) is 0.669. The van der Waals surface area contributed by atoms with Crippen molar-refractivity contribution in [1.82, 2.24) is 0 Å². The van der Waals surface area contributed by atoms with Crippen LogP contribution in [-0.4, -0.2) is 23.9 Å². The van der Waals surface area contributed by atoms with Crippen LogP contribution >= 0.6 is 27.7 Å². The number of hydrogen-bond acceptors (Lipinski definition) is 4. The first-order valence-electron chi connectivity index (χ1n) is 5.21. The lowest BCUT2D eigenvalue weighted by molar-refractivity contribution is -0.140. The lowest BCUT2D eigenvalue weighted by Gasteiger charge is -2.09. The average Bonchev–Trinajstić information content (AvgIpc) is 2.28. The molecule has 0 amide bonds. The summed E-state index contributed by atoms with van der Waals surface area (Å²) in [5.41, 5.74) is 0.863. The number of thioether (sulfide) groups is 1. The lowest BCUT2D eigenvalue weighted by atomic mass is 10.1. The van der Waals surface area contributed by atoms with Gasteiger partial charge in [0, 0.05) is 15.1 Å². The summed E-state index contributed by atoms with van der Waals surface area (Å²) in [6.07, 6.45) is -0.0878. The molecule has 0 fully saturated rings. The van der Waals surface area contributed by atoms with Crippen LogP contribution in [0.4, 0.5) is 0 Å². The Morgan fingerprint density at radius 2 is 2.29 bits per heavy atom. The molecule has 1 N–H and O–H groups in total. The Hall–Kier alpha value is -0.520. The molecule has 1 atom stereocenters. The number of carbonyl (C=O) groups excluding carboxylic acids is 1. The molecule has 0 spiro atoms. The molecule has 1 aromatic rings. The van der Waals surface area contributed by atoms with Crippen LogP contribution in [0.15, 0.2) is 27.6 Å². The molecule has 0 radical (unpaired) electrons. The van der Waals surface area contributed by atoms with Crippen molar-refractivity contribution in [2.45, 2.75) is 24.3 Å². The number of aliphatic hydroxyl groups excluding tert-OH is 1. The second-order valence-corrected chi connectivity index (χ2v) is 5.56. The minimum Gasteiger partial charge on any atom is -0.469 e. The molecule has 1 rings (SSSR count). The van der Waals surface area contributed by atoms with Gasteiger partial charge in [0.25, 0.3) is 0 Å². The van der Waals surface area contributed by atoms with Crippen molar-refractivity contribution < 1.29 is 14.6 Å². The van der Waals surface area contributed by atoms with Gasteiger partial charge in [-0.15, -0.1) is 11.8 Å². The van der Waals surface area contributed by atoms with E-state index in [4.69, 9.17) is 0 Å². The van der Waals surface area contributed by atoms with Gasteiger partial charge in [0.05, 0.1) is 19.6 Å². The maximum absolute atomic E-state index is 10.9. The first-order chi connectivity index (χ1) is 8.04. The topological polar surface area (TPSA) is 46.5 Å². The molecule has 5 heteroatoms. The van der Waals surface area contributed by atoms with Crippen molar-refractivity contribution in [3.05, 3.63) is 28.2 Å². The highest BCUT2D eigenvalue weighted by molar-refractivity contribution is 9.10. The van der Waals surface area contributed by atoms with Crippen molar-refractivity contribution in [2.24, 2.45) is 0 Å². The fourth-order valence-corrected chi connectivity index (χ4v) is 3.02. The van der Waals surface area contributed by atoms with E-state index in [1.165, 1.54) is 7.11 Å². The van der Waals surface area contributed by atoms with E-state index in [-0.39, 0.29) is 5.97 Å². The number of esters is 1. The van der Waals surface area contributed by atoms with Gasteiger partial charge in [-0.2, -0.15) is 0 Å². The Morgan fingerprint density at radius 3 is 2.82 bits per heavy atom. The third-order valence-corrected chi connectivity index (χ3v) is 3.91. The van der Waals surface area contributed by atoms with Gasteiger partial charge in [-0.05, 0) is 24.6 Å². The maximum atomic E-state index is 10.9. The van der Waals surface area contributed by atoms with Crippen molar-refractivity contribution in [1.29, 1.82) is 0 Å². The zero-order valence-corrected chi connectivity index (χ0v) is 12.2. The van der Waals surface area contributed by atoms with Gasteiger partial charge in [0.1, 0.15) is 0 Å².